The number of rotatable bonds is 26. The summed E-state index contributed by atoms with van der Waals surface area (Å²) >= 11 is 13.3. The molecule has 16 nitrogen and oxygen atoms in total. The Hall–Kier alpha value is -13.2. The van der Waals surface area contributed by atoms with E-state index >= 15 is 0 Å². The Morgan fingerprint density at radius 2 is 1.01 bits per heavy atom. The van der Waals surface area contributed by atoms with Gasteiger partial charge in [-0.2, -0.15) is 10.2 Å². The molecule has 94 heavy (non-hydrogen) atoms. The minimum Gasteiger partial charge on any atom is -0.469 e. The molecule has 3 aromatic rings. The summed E-state index contributed by atoms with van der Waals surface area (Å²) < 4.78 is 10.8. The lowest BCUT2D eigenvalue weighted by molar-refractivity contribution is -0.126. The molecule has 0 fully saturated rings. The number of hydrogen-bond acceptors (Lipinski definition) is 14. The van der Waals surface area contributed by atoms with Gasteiger partial charge in [-0.25, -0.2) is 5.06 Å². The lowest BCUT2D eigenvalue weighted by atomic mass is 10.1. The van der Waals surface area contributed by atoms with Gasteiger partial charge in [0.25, 0.3) is 17.7 Å². The number of carbonyl (C=O) groups is 3. The van der Waals surface area contributed by atoms with Gasteiger partial charge in [-0.1, -0.05) is 63.0 Å². The van der Waals surface area contributed by atoms with Crippen LogP contribution in [-0.2, 0) is 37.1 Å². The summed E-state index contributed by atoms with van der Waals surface area (Å²) in [5.41, 5.74) is 2.21. The fourth-order valence-corrected chi connectivity index (χ4v) is 6.95. The van der Waals surface area contributed by atoms with Crippen molar-refractivity contribution in [3.8, 4) is 214 Å². The topological polar surface area (TPSA) is 177 Å². The summed E-state index contributed by atoms with van der Waals surface area (Å²) in [5.74, 6) is 78.0. The molecule has 0 aromatic heterocycles. The van der Waals surface area contributed by atoms with E-state index in [4.69, 9.17) is 55.8 Å². The monoisotopic (exact) mass is 1270 g/mol. The van der Waals surface area contributed by atoms with E-state index in [1.807, 2.05) is 13.8 Å². The maximum Gasteiger partial charge on any atom is 0.269 e. The van der Waals surface area contributed by atoms with Gasteiger partial charge in [0.2, 0.25) is 6.04 Å². The second-order valence-corrected chi connectivity index (χ2v) is 18.0. The quantitative estimate of drug-likeness (QED) is 0.0117. The molecule has 0 saturated heterocycles. The van der Waals surface area contributed by atoms with Crippen molar-refractivity contribution < 1.29 is 28.7 Å². The average Bonchev–Trinajstić information content (AvgIpc) is 1.02. The Bertz CT molecular complexity index is 4570. The van der Waals surface area contributed by atoms with Gasteiger partial charge in [0.15, 0.2) is 18.4 Å². The number of terminal acetylenes is 2. The Morgan fingerprint density at radius 3 is 1.48 bits per heavy atom. The Balaban J connectivity index is 1.67. The Kier molecular flexibility index (Phi) is 38.2. The van der Waals surface area contributed by atoms with Gasteiger partial charge in [0.1, 0.15) is 13.2 Å². The maximum atomic E-state index is 13.7. The molecular formula is C76H52Cl2N10O6. The van der Waals surface area contributed by atoms with Crippen LogP contribution < -0.4 is 5.32 Å². The molecule has 0 saturated carbocycles. The zero-order chi connectivity index (χ0) is 68.1. The number of anilines is 1. The summed E-state index contributed by atoms with van der Waals surface area (Å²) in [4.78, 5) is 51.7. The second-order valence-electron chi connectivity index (χ2n) is 17.2. The number of hydroxylamine groups is 2. The van der Waals surface area contributed by atoms with Crippen LogP contribution in [0.5, 0.6) is 0 Å². The van der Waals surface area contributed by atoms with Crippen LogP contribution in [0.15, 0.2) is 93.3 Å². The summed E-state index contributed by atoms with van der Waals surface area (Å²) in [6.07, 6.45) is 11.7. The molecule has 0 radical (unpaired) electrons. The zero-order valence-electron chi connectivity index (χ0n) is 51.5. The average molecular weight is 1270 g/mol. The highest BCUT2D eigenvalue weighted by molar-refractivity contribution is 6.36. The third-order valence-corrected chi connectivity index (χ3v) is 11.9. The molecule has 0 bridgehead atoms. The number of ketones is 1. The van der Waals surface area contributed by atoms with Crippen LogP contribution in [0, 0.1) is 220 Å². The summed E-state index contributed by atoms with van der Waals surface area (Å²) in [7, 11) is 0. The van der Waals surface area contributed by atoms with Crippen molar-refractivity contribution in [1.29, 1.82) is 5.41 Å². The number of azo groups is 2. The van der Waals surface area contributed by atoms with Crippen LogP contribution in [0.2, 0.25) is 10.0 Å². The molecule has 3 aromatic carbocycles. The van der Waals surface area contributed by atoms with Gasteiger partial charge in [-0.05, 0) is 182 Å². The number of ether oxygens (including phenoxy) is 2. The third-order valence-electron chi connectivity index (χ3n) is 11.2. The van der Waals surface area contributed by atoms with E-state index in [9.17, 15) is 14.4 Å². The molecule has 2 N–H and O–H groups in total. The molecule has 0 heterocycles. The number of nitrogens with one attached hydrogen (secondary N) is 2. The van der Waals surface area contributed by atoms with E-state index in [-0.39, 0.29) is 52.6 Å². The van der Waals surface area contributed by atoms with E-state index in [1.165, 1.54) is 53.3 Å². The Morgan fingerprint density at radius 1 is 0.564 bits per heavy atom. The highest BCUT2D eigenvalue weighted by Gasteiger charge is 2.25. The molecule has 3 rings (SSSR count). The summed E-state index contributed by atoms with van der Waals surface area (Å²) in [6.45, 7) is 14.6. The van der Waals surface area contributed by atoms with Gasteiger partial charge < -0.3 is 24.6 Å². The summed E-state index contributed by atoms with van der Waals surface area (Å²) in [5, 5.41) is 28.2. The van der Waals surface area contributed by atoms with Crippen molar-refractivity contribution in [3.05, 3.63) is 99.5 Å². The number of Topliss-reactive ketones (excluding diaryl/α,β-unsaturated/α-hetero) is 1. The number of benzene rings is 3. The predicted molar refractivity (Wildman–Crippen MR) is 364 cm³/mol. The van der Waals surface area contributed by atoms with Crippen LogP contribution >= 0.6 is 23.2 Å². The van der Waals surface area contributed by atoms with Crippen LogP contribution in [0.4, 0.5) is 17.1 Å². The highest BCUT2D eigenvalue weighted by Crippen LogP contribution is 2.31. The molecule has 2 amide bonds. The first kappa shape index (κ1) is 75.1. The fraction of sp³-hybridized carbons (Fsp3) is 0.211. The molecule has 0 aliphatic carbocycles. The van der Waals surface area contributed by atoms with Crippen molar-refractivity contribution in [2.45, 2.75) is 53.9 Å². The first-order valence-corrected chi connectivity index (χ1v) is 28.5. The van der Waals surface area contributed by atoms with Crippen LogP contribution in [0.1, 0.15) is 56.1 Å². The van der Waals surface area contributed by atoms with Crippen molar-refractivity contribution in [2.75, 3.05) is 57.7 Å². The molecule has 0 aliphatic rings. The van der Waals surface area contributed by atoms with E-state index in [1.54, 1.807) is 24.3 Å². The molecule has 456 valence electrons. The van der Waals surface area contributed by atoms with Crippen molar-refractivity contribution in [1.82, 2.24) is 19.8 Å². The predicted octanol–water partition coefficient (Wildman–Crippen LogP) is 8.49. The molecule has 1 unspecified atom stereocenters. The van der Waals surface area contributed by atoms with Gasteiger partial charge in [0.05, 0.1) is 28.6 Å². The number of halogens is 2. The third kappa shape index (κ3) is 32.7. The van der Waals surface area contributed by atoms with E-state index in [0.717, 1.165) is 38.0 Å². The van der Waals surface area contributed by atoms with Crippen molar-refractivity contribution >= 4 is 64.3 Å². The van der Waals surface area contributed by atoms with Crippen LogP contribution in [0.3, 0.4) is 0 Å². The van der Waals surface area contributed by atoms with Crippen LogP contribution in [0.25, 0.3) is 0 Å². The van der Waals surface area contributed by atoms with Gasteiger partial charge in [-0.3, -0.25) is 29.5 Å². The highest BCUT2D eigenvalue weighted by atomic mass is 35.5. The van der Waals surface area contributed by atoms with E-state index in [0.29, 0.717) is 37.3 Å². The number of nitrogens with zero attached hydrogens (tertiary/aromatic N) is 8. The first-order valence-electron chi connectivity index (χ1n) is 27.8. The molecule has 1 atom stereocenters. The second kappa shape index (κ2) is 47.8. The maximum absolute atomic E-state index is 13.7. The number of likely N-dealkylation sites (N-methyl/N-ethyl adjacent to an activating group) is 2. The van der Waals surface area contributed by atoms with Crippen LogP contribution in [-0.4, -0.2) is 102 Å². The smallest absolute Gasteiger partial charge is 0.269 e. The normalized spacial score (nSPS) is 9.24. The van der Waals surface area contributed by atoms with Gasteiger partial charge >= 0.3 is 0 Å². The Labute approximate surface area is 561 Å². The van der Waals surface area contributed by atoms with Crippen molar-refractivity contribution in [3.63, 3.8) is 0 Å². The van der Waals surface area contributed by atoms with Gasteiger partial charge in [0, 0.05) is 143 Å². The first-order chi connectivity index (χ1) is 45.9. The molecular weight excluding hydrogens is 1220 g/mol. The number of carbonyl (C=O) groups excluding carboxylic acids is 3. The number of hydrogen-bond donors (Lipinski definition) is 2. The lowest BCUT2D eigenvalue weighted by Crippen LogP contribution is -2.36. The lowest BCUT2D eigenvalue weighted by Gasteiger charge is -2.22. The molecule has 0 spiro atoms. The minimum atomic E-state index is -1.59. The zero-order valence-corrected chi connectivity index (χ0v) is 53.0. The van der Waals surface area contributed by atoms with E-state index in [2.05, 4.69) is 251 Å². The SMILES string of the molecule is C#CC#CC#CC#CC#CC#CC#CC#CC#CN(CCN(CC)CC)OCc1ccc(N=N/C(=C\OC=N)OCc2cc(Cl)c(NC(=O)C(N=Nc3ccc(C(=O)N(C#CC#CC#CC#CC#CC#CC#CC#CC#C)CCN(CC)CC)cc3)C(C)=O)cc2Cl)cc1. The van der Waals surface area contributed by atoms with Gasteiger partial charge in [-0.15, -0.1) is 23.1 Å². The number of amides is 2. The minimum absolute atomic E-state index is 0.0424. The molecule has 0 aliphatic heterocycles. The van der Waals surface area contributed by atoms with Crippen molar-refractivity contribution in [2.24, 2.45) is 20.5 Å². The molecule has 18 heteroatoms. The standard InChI is InChI=1S/C76H52Cl2N10O6/c1-8-14-16-18-20-22-24-26-28-30-32-34-36-38-40-42-52-87(56-54-85(10-3)11-4)76(91)66-46-50-69(51-47-66)82-84-74(64(7)89)75(90)80-72-59-70(77)67(58-71(72)78)61-93-73(62-92-63-79)83-81-68-48-44-65(45-49-68)60-94-88(57-55-86(12-5)13-6)53-43-41-39-37-35-33-31-29-27-25-23-21-19-17-15-9-2/h1-2,44-51,58-59,62-63,74,79H,10-13,54-57,60-61H2,3-7H3,(H,80,90)/b73-62+,79-63?,83-81?,84-82?. The fourth-order valence-electron chi connectivity index (χ4n) is 6.50. The summed E-state index contributed by atoms with van der Waals surface area (Å²) in [6, 6.07) is 20.0. The largest absolute Gasteiger partial charge is 0.469 e. The van der Waals surface area contributed by atoms with E-state index < -0.39 is 23.6 Å².